The number of aliphatic imine (C=N–C) groups is 1. The normalized spacial score (nSPS) is 10.1. The van der Waals surface area contributed by atoms with Crippen molar-refractivity contribution in [1.29, 1.82) is 5.41 Å². The summed E-state index contributed by atoms with van der Waals surface area (Å²) in [5, 5.41) is 7.80. The smallest absolute Gasteiger partial charge is 0.232 e. The Morgan fingerprint density at radius 3 is 2.95 bits per heavy atom. The van der Waals surface area contributed by atoms with E-state index in [1.54, 1.807) is 0 Å². The number of rotatable bonds is 5. The molecule has 0 aliphatic heterocycles. The maximum Gasteiger partial charge on any atom is 0.232 e. The highest BCUT2D eigenvalue weighted by Gasteiger charge is 2.08. The third-order valence-corrected chi connectivity index (χ3v) is 3.18. The first kappa shape index (κ1) is 13.9. The topological polar surface area (TPSA) is 117 Å². The van der Waals surface area contributed by atoms with Gasteiger partial charge in [0.1, 0.15) is 0 Å². The van der Waals surface area contributed by atoms with Gasteiger partial charge in [0.05, 0.1) is 6.34 Å². The summed E-state index contributed by atoms with van der Waals surface area (Å²) in [6, 6.07) is 7.66. The van der Waals surface area contributed by atoms with Crippen LogP contribution in [0.25, 0.3) is 11.4 Å². The maximum atomic E-state index is 7.38. The summed E-state index contributed by atoms with van der Waals surface area (Å²) >= 11 is 1.13. The van der Waals surface area contributed by atoms with Crippen molar-refractivity contribution in [1.82, 2.24) is 9.36 Å². The van der Waals surface area contributed by atoms with Crippen molar-refractivity contribution in [3.05, 3.63) is 24.3 Å². The summed E-state index contributed by atoms with van der Waals surface area (Å²) < 4.78 is 4.23. The van der Waals surface area contributed by atoms with Crippen molar-refractivity contribution >= 4 is 34.6 Å². The average molecular weight is 289 g/mol. The Morgan fingerprint density at radius 2 is 2.30 bits per heavy atom. The molecule has 5 N–H and O–H groups in total. The van der Waals surface area contributed by atoms with Gasteiger partial charge in [-0.25, -0.2) is 0 Å². The molecule has 0 spiro atoms. The van der Waals surface area contributed by atoms with E-state index in [2.05, 4.69) is 14.3 Å². The van der Waals surface area contributed by atoms with E-state index in [-0.39, 0.29) is 5.96 Å². The molecule has 0 aliphatic carbocycles. The van der Waals surface area contributed by atoms with Crippen molar-refractivity contribution in [2.45, 2.75) is 6.92 Å². The Bertz CT molecular complexity index is 630. The van der Waals surface area contributed by atoms with Gasteiger partial charge in [0.2, 0.25) is 5.13 Å². The SMILES string of the molecule is CCN(C=N)c1cccc(-c2nsc(N=C(N)N)n2)c1. The minimum absolute atomic E-state index is 0.0394. The molecule has 0 saturated carbocycles. The van der Waals surface area contributed by atoms with E-state index >= 15 is 0 Å². The van der Waals surface area contributed by atoms with Crippen LogP contribution in [-0.4, -0.2) is 28.2 Å². The number of nitrogens with one attached hydrogen (secondary N) is 1. The third kappa shape index (κ3) is 3.09. The van der Waals surface area contributed by atoms with E-state index in [4.69, 9.17) is 16.9 Å². The largest absolute Gasteiger partial charge is 0.370 e. The lowest BCUT2D eigenvalue weighted by Gasteiger charge is -2.16. The Hall–Kier alpha value is -2.48. The molecule has 0 fully saturated rings. The first-order valence-electron chi connectivity index (χ1n) is 5.95. The highest BCUT2D eigenvalue weighted by Crippen LogP contribution is 2.26. The zero-order valence-corrected chi connectivity index (χ0v) is 11.8. The number of guanidine groups is 1. The first-order valence-corrected chi connectivity index (χ1v) is 6.72. The molecule has 1 aromatic carbocycles. The highest BCUT2D eigenvalue weighted by atomic mass is 32.1. The summed E-state index contributed by atoms with van der Waals surface area (Å²) in [4.78, 5) is 9.94. The Labute approximate surface area is 120 Å². The zero-order valence-electron chi connectivity index (χ0n) is 10.9. The van der Waals surface area contributed by atoms with Crippen molar-refractivity contribution in [3.8, 4) is 11.4 Å². The molecular weight excluding hydrogens is 274 g/mol. The fourth-order valence-electron chi connectivity index (χ4n) is 1.66. The predicted octanol–water partition coefficient (Wildman–Crippen LogP) is 1.54. The number of aromatic nitrogens is 2. The van der Waals surface area contributed by atoms with E-state index in [0.29, 0.717) is 11.0 Å². The number of benzene rings is 1. The number of anilines is 1. The van der Waals surface area contributed by atoms with Gasteiger partial charge in [-0.05, 0) is 19.1 Å². The van der Waals surface area contributed by atoms with Crippen LogP contribution in [0.2, 0.25) is 0 Å². The molecule has 20 heavy (non-hydrogen) atoms. The summed E-state index contributed by atoms with van der Waals surface area (Å²) in [5.74, 6) is 0.528. The molecule has 104 valence electrons. The van der Waals surface area contributed by atoms with Crippen molar-refractivity contribution in [3.63, 3.8) is 0 Å². The Balaban J connectivity index is 2.33. The van der Waals surface area contributed by atoms with Crippen LogP contribution < -0.4 is 16.4 Å². The zero-order chi connectivity index (χ0) is 14.5. The number of nitrogens with two attached hydrogens (primary N) is 2. The van der Waals surface area contributed by atoms with E-state index in [0.717, 1.165) is 29.3 Å². The predicted molar refractivity (Wildman–Crippen MR) is 82.6 cm³/mol. The van der Waals surface area contributed by atoms with Crippen LogP contribution in [0.15, 0.2) is 29.3 Å². The molecule has 2 rings (SSSR count). The minimum Gasteiger partial charge on any atom is -0.370 e. The molecule has 1 aromatic heterocycles. The van der Waals surface area contributed by atoms with Gasteiger partial charge < -0.3 is 16.4 Å². The second-order valence-electron chi connectivity index (χ2n) is 3.90. The summed E-state index contributed by atoms with van der Waals surface area (Å²) in [6.45, 7) is 2.70. The first-order chi connectivity index (χ1) is 9.63. The summed E-state index contributed by atoms with van der Waals surface area (Å²) in [7, 11) is 0. The van der Waals surface area contributed by atoms with Gasteiger partial charge in [-0.2, -0.15) is 14.3 Å². The fraction of sp³-hybridized carbons (Fsp3) is 0.167. The fourth-order valence-corrected chi connectivity index (χ4v) is 2.25. The number of nitrogens with zero attached hydrogens (tertiary/aromatic N) is 4. The second-order valence-corrected chi connectivity index (χ2v) is 4.63. The van der Waals surface area contributed by atoms with Gasteiger partial charge in [0.25, 0.3) is 0 Å². The van der Waals surface area contributed by atoms with Crippen LogP contribution in [0.5, 0.6) is 0 Å². The van der Waals surface area contributed by atoms with Crippen LogP contribution in [0.3, 0.4) is 0 Å². The van der Waals surface area contributed by atoms with Crippen LogP contribution in [0, 0.1) is 5.41 Å². The van der Waals surface area contributed by atoms with Gasteiger partial charge in [-0.3, -0.25) is 5.41 Å². The molecule has 0 radical (unpaired) electrons. The quantitative estimate of drug-likeness (QED) is 0.570. The van der Waals surface area contributed by atoms with E-state index in [1.807, 2.05) is 36.1 Å². The molecule has 1 heterocycles. The molecule has 0 atom stereocenters. The Kier molecular flexibility index (Phi) is 4.26. The van der Waals surface area contributed by atoms with Gasteiger partial charge >= 0.3 is 0 Å². The number of hydrogen-bond acceptors (Lipinski definition) is 5. The van der Waals surface area contributed by atoms with Crippen molar-refractivity contribution in [2.75, 3.05) is 11.4 Å². The van der Waals surface area contributed by atoms with Gasteiger partial charge in [-0.15, -0.1) is 0 Å². The monoisotopic (exact) mass is 289 g/mol. The second kappa shape index (κ2) is 6.11. The average Bonchev–Trinajstić information content (AvgIpc) is 2.88. The maximum absolute atomic E-state index is 7.38. The van der Waals surface area contributed by atoms with Gasteiger partial charge in [0, 0.05) is 29.3 Å². The van der Waals surface area contributed by atoms with Crippen LogP contribution in [-0.2, 0) is 0 Å². The van der Waals surface area contributed by atoms with Crippen LogP contribution >= 0.6 is 11.5 Å². The molecule has 0 saturated heterocycles. The number of hydrogen-bond donors (Lipinski definition) is 3. The molecule has 8 heteroatoms. The highest BCUT2D eigenvalue weighted by molar-refractivity contribution is 7.09. The van der Waals surface area contributed by atoms with Crippen LogP contribution in [0.1, 0.15) is 6.92 Å². The van der Waals surface area contributed by atoms with Crippen LogP contribution in [0.4, 0.5) is 10.8 Å². The molecule has 7 nitrogen and oxygen atoms in total. The summed E-state index contributed by atoms with van der Waals surface area (Å²) in [6.07, 6.45) is 1.29. The lowest BCUT2D eigenvalue weighted by Crippen LogP contribution is -2.21. The van der Waals surface area contributed by atoms with Gasteiger partial charge in [0.15, 0.2) is 11.8 Å². The molecule has 0 aliphatic rings. The van der Waals surface area contributed by atoms with Crippen molar-refractivity contribution < 1.29 is 0 Å². The minimum atomic E-state index is -0.0394. The lowest BCUT2D eigenvalue weighted by molar-refractivity contribution is 1.07. The lowest BCUT2D eigenvalue weighted by atomic mass is 10.2. The van der Waals surface area contributed by atoms with Crippen molar-refractivity contribution in [2.24, 2.45) is 16.5 Å². The molecule has 2 aromatic rings. The van der Waals surface area contributed by atoms with E-state index in [1.165, 1.54) is 6.34 Å². The molecular formula is C12H15N7S. The summed E-state index contributed by atoms with van der Waals surface area (Å²) in [5.41, 5.74) is 12.4. The Morgan fingerprint density at radius 1 is 1.50 bits per heavy atom. The standard InChI is InChI=1S/C12H15N7S/c1-2-19(7-13)9-5-3-4-8(6-9)10-16-12(20-18-10)17-11(14)15/h3-7,13H,2H2,1H3,(H4,14,15,16,17,18). The molecule has 0 amide bonds. The van der Waals surface area contributed by atoms with Gasteiger partial charge in [-0.1, -0.05) is 12.1 Å². The third-order valence-electron chi connectivity index (χ3n) is 2.57. The molecule has 0 unspecified atom stereocenters. The molecule has 0 bridgehead atoms. The van der Waals surface area contributed by atoms with E-state index < -0.39 is 0 Å². The van der Waals surface area contributed by atoms with E-state index in [9.17, 15) is 0 Å².